The molecule has 2 fully saturated rings. The van der Waals surface area contributed by atoms with Crippen LogP contribution in [0.25, 0.3) is 0 Å². The molecule has 182 valence electrons. The summed E-state index contributed by atoms with van der Waals surface area (Å²) in [5, 5.41) is 5.82. The highest BCUT2D eigenvalue weighted by Crippen LogP contribution is 2.32. The third kappa shape index (κ3) is 5.03. The number of amides is 2. The van der Waals surface area contributed by atoms with Gasteiger partial charge in [0.1, 0.15) is 0 Å². The van der Waals surface area contributed by atoms with Gasteiger partial charge in [-0.3, -0.25) is 9.59 Å². The van der Waals surface area contributed by atoms with Crippen molar-refractivity contribution in [1.82, 2.24) is 4.31 Å². The van der Waals surface area contributed by atoms with Crippen LogP contribution in [0, 0.1) is 39.5 Å². The molecule has 0 spiro atoms. The molecule has 2 aromatic rings. The molecule has 2 amide bonds. The SMILES string of the molecule is Cc1cc(C)c(C)c(S(=O)(=O)N2CCC(C(=O)Nc3cccc(NC(=O)C4CC4)c3)CC2)c1C. The molecule has 4 rings (SSSR count). The molecule has 7 nitrogen and oxygen atoms in total. The zero-order valence-corrected chi connectivity index (χ0v) is 21.1. The number of anilines is 2. The molecule has 2 aliphatic rings. The van der Waals surface area contributed by atoms with E-state index in [-0.39, 0.29) is 23.7 Å². The zero-order valence-electron chi connectivity index (χ0n) is 20.3. The number of nitrogens with one attached hydrogen (secondary N) is 2. The first-order valence-electron chi connectivity index (χ1n) is 11.9. The second-order valence-corrected chi connectivity index (χ2v) is 11.5. The quantitative estimate of drug-likeness (QED) is 0.640. The predicted molar refractivity (Wildman–Crippen MR) is 133 cm³/mol. The molecule has 1 heterocycles. The molecule has 8 heteroatoms. The largest absolute Gasteiger partial charge is 0.326 e. The lowest BCUT2D eigenvalue weighted by Gasteiger charge is -2.31. The molecule has 0 atom stereocenters. The Labute approximate surface area is 202 Å². The molecular weight excluding hydrogens is 450 g/mol. The van der Waals surface area contributed by atoms with Crippen LogP contribution in [0.1, 0.15) is 47.9 Å². The minimum absolute atomic E-state index is 0.0198. The Morgan fingerprint density at radius 3 is 1.74 bits per heavy atom. The van der Waals surface area contributed by atoms with Crippen LogP contribution in [-0.4, -0.2) is 37.6 Å². The molecule has 1 saturated heterocycles. The minimum Gasteiger partial charge on any atom is -0.326 e. The summed E-state index contributed by atoms with van der Waals surface area (Å²) in [6.07, 6.45) is 2.79. The number of rotatable bonds is 6. The van der Waals surface area contributed by atoms with Gasteiger partial charge in [0.25, 0.3) is 0 Å². The molecular formula is C26H33N3O4S. The van der Waals surface area contributed by atoms with Gasteiger partial charge in [-0.1, -0.05) is 12.1 Å². The number of hydrogen-bond donors (Lipinski definition) is 2. The summed E-state index contributed by atoms with van der Waals surface area (Å²) in [7, 11) is -3.63. The summed E-state index contributed by atoms with van der Waals surface area (Å²) >= 11 is 0. The van der Waals surface area contributed by atoms with Crippen molar-refractivity contribution in [3.05, 3.63) is 52.6 Å². The zero-order chi connectivity index (χ0) is 24.6. The number of piperidine rings is 1. The number of carbonyl (C=O) groups is 2. The Bertz CT molecular complexity index is 1200. The third-order valence-corrected chi connectivity index (χ3v) is 9.24. The van der Waals surface area contributed by atoms with Crippen LogP contribution in [0.4, 0.5) is 11.4 Å². The van der Waals surface area contributed by atoms with Gasteiger partial charge in [0, 0.05) is 36.3 Å². The van der Waals surface area contributed by atoms with E-state index in [1.54, 1.807) is 24.3 Å². The molecule has 34 heavy (non-hydrogen) atoms. The van der Waals surface area contributed by atoms with Gasteiger partial charge in [0.15, 0.2) is 0 Å². The van der Waals surface area contributed by atoms with E-state index in [0.717, 1.165) is 35.1 Å². The maximum atomic E-state index is 13.5. The number of sulfonamides is 1. The van der Waals surface area contributed by atoms with Gasteiger partial charge < -0.3 is 10.6 Å². The normalized spacial score (nSPS) is 17.4. The van der Waals surface area contributed by atoms with Crippen LogP contribution < -0.4 is 10.6 Å². The molecule has 0 aromatic heterocycles. The number of aryl methyl sites for hydroxylation is 2. The first-order chi connectivity index (χ1) is 16.1. The van der Waals surface area contributed by atoms with Gasteiger partial charge in [0.2, 0.25) is 21.8 Å². The Morgan fingerprint density at radius 2 is 1.26 bits per heavy atom. The van der Waals surface area contributed by atoms with Crippen LogP contribution in [0.15, 0.2) is 35.2 Å². The van der Waals surface area contributed by atoms with Crippen molar-refractivity contribution < 1.29 is 18.0 Å². The van der Waals surface area contributed by atoms with Crippen molar-refractivity contribution in [2.45, 2.75) is 58.3 Å². The maximum Gasteiger partial charge on any atom is 0.243 e. The monoisotopic (exact) mass is 483 g/mol. The molecule has 1 aliphatic heterocycles. The van der Waals surface area contributed by atoms with Gasteiger partial charge in [0.05, 0.1) is 4.90 Å². The topological polar surface area (TPSA) is 95.6 Å². The minimum atomic E-state index is -3.63. The lowest BCUT2D eigenvalue weighted by molar-refractivity contribution is -0.121. The van der Waals surface area contributed by atoms with Crippen molar-refractivity contribution >= 4 is 33.2 Å². The standard InChI is InChI=1S/C26H33N3O4S/c1-16-14-17(2)19(4)24(18(16)3)34(32,33)29-12-10-21(11-13-29)26(31)28-23-7-5-6-22(15-23)27-25(30)20-8-9-20/h5-7,14-15,20-21H,8-13H2,1-4H3,(H,27,30)(H,28,31). The second kappa shape index (κ2) is 9.50. The highest BCUT2D eigenvalue weighted by atomic mass is 32.2. The van der Waals surface area contributed by atoms with Crippen LogP contribution in [-0.2, 0) is 19.6 Å². The molecule has 2 N–H and O–H groups in total. The second-order valence-electron chi connectivity index (χ2n) is 9.60. The predicted octanol–water partition coefficient (Wildman–Crippen LogP) is 4.31. The highest BCUT2D eigenvalue weighted by Gasteiger charge is 2.34. The highest BCUT2D eigenvalue weighted by molar-refractivity contribution is 7.89. The van der Waals surface area contributed by atoms with Crippen molar-refractivity contribution in [3.8, 4) is 0 Å². The maximum absolute atomic E-state index is 13.5. The number of benzene rings is 2. The van der Waals surface area contributed by atoms with E-state index in [4.69, 9.17) is 0 Å². The number of nitrogens with zero attached hydrogens (tertiary/aromatic N) is 1. The summed E-state index contributed by atoms with van der Waals surface area (Å²) < 4.78 is 28.5. The lowest BCUT2D eigenvalue weighted by Crippen LogP contribution is -2.41. The van der Waals surface area contributed by atoms with Gasteiger partial charge in [-0.15, -0.1) is 0 Å². The van der Waals surface area contributed by atoms with Gasteiger partial charge in [-0.05, 0) is 93.8 Å². The first-order valence-corrected chi connectivity index (χ1v) is 13.3. The smallest absolute Gasteiger partial charge is 0.243 e. The summed E-state index contributed by atoms with van der Waals surface area (Å²) in [4.78, 5) is 25.3. The molecule has 0 unspecified atom stereocenters. The van der Waals surface area contributed by atoms with Gasteiger partial charge >= 0.3 is 0 Å². The summed E-state index contributed by atoms with van der Waals surface area (Å²) in [5.74, 6) is -0.263. The Morgan fingerprint density at radius 1 is 0.794 bits per heavy atom. The van der Waals surface area contributed by atoms with E-state index in [1.165, 1.54) is 4.31 Å². The fourth-order valence-electron chi connectivity index (χ4n) is 4.56. The van der Waals surface area contributed by atoms with Crippen molar-refractivity contribution in [3.63, 3.8) is 0 Å². The number of carbonyl (C=O) groups excluding carboxylic acids is 2. The average Bonchev–Trinajstić information content (AvgIpc) is 3.64. The van der Waals surface area contributed by atoms with Gasteiger partial charge in [-0.2, -0.15) is 4.31 Å². The summed E-state index contributed by atoms with van der Waals surface area (Å²) in [5.41, 5.74) is 4.79. The van der Waals surface area contributed by atoms with Crippen molar-refractivity contribution in [2.75, 3.05) is 23.7 Å². The van der Waals surface area contributed by atoms with Crippen LogP contribution in [0.2, 0.25) is 0 Å². The molecule has 1 saturated carbocycles. The van der Waals surface area contributed by atoms with Crippen LogP contribution >= 0.6 is 0 Å². The van der Waals surface area contributed by atoms with Gasteiger partial charge in [-0.25, -0.2) is 8.42 Å². The summed E-state index contributed by atoms with van der Waals surface area (Å²) in [6.45, 7) is 8.20. The third-order valence-electron chi connectivity index (χ3n) is 7.07. The Kier molecular flexibility index (Phi) is 6.82. The van der Waals surface area contributed by atoms with E-state index in [9.17, 15) is 18.0 Å². The van der Waals surface area contributed by atoms with Crippen LogP contribution in [0.5, 0.6) is 0 Å². The number of hydrogen-bond acceptors (Lipinski definition) is 4. The van der Waals surface area contributed by atoms with E-state index >= 15 is 0 Å². The fourth-order valence-corrected chi connectivity index (χ4v) is 6.61. The molecule has 0 radical (unpaired) electrons. The average molecular weight is 484 g/mol. The van der Waals surface area contributed by atoms with Crippen LogP contribution in [0.3, 0.4) is 0 Å². The Hall–Kier alpha value is -2.71. The molecule has 0 bridgehead atoms. The molecule has 2 aromatic carbocycles. The van der Waals surface area contributed by atoms with Crippen molar-refractivity contribution in [1.29, 1.82) is 0 Å². The molecule has 1 aliphatic carbocycles. The Balaban J connectivity index is 1.39. The fraction of sp³-hybridized carbons (Fsp3) is 0.462. The van der Waals surface area contributed by atoms with E-state index < -0.39 is 10.0 Å². The van der Waals surface area contributed by atoms with E-state index in [1.807, 2.05) is 33.8 Å². The van der Waals surface area contributed by atoms with E-state index in [0.29, 0.717) is 42.2 Å². The first kappa shape index (κ1) is 24.4. The van der Waals surface area contributed by atoms with E-state index in [2.05, 4.69) is 10.6 Å². The van der Waals surface area contributed by atoms with Crippen molar-refractivity contribution in [2.24, 2.45) is 11.8 Å². The lowest BCUT2D eigenvalue weighted by atomic mass is 9.97. The summed E-state index contributed by atoms with van der Waals surface area (Å²) in [6, 6.07) is 9.16.